The van der Waals surface area contributed by atoms with Crippen molar-refractivity contribution in [3.8, 4) is 6.07 Å². The third-order valence-electron chi connectivity index (χ3n) is 2.20. The molecule has 70 valence electrons. The molecule has 1 aliphatic heterocycles. The van der Waals surface area contributed by atoms with Crippen LogP contribution in [0, 0.1) is 11.3 Å². The average Bonchev–Trinajstić information content (AvgIpc) is 2.30. The van der Waals surface area contributed by atoms with Gasteiger partial charge in [0.25, 0.3) is 0 Å². The van der Waals surface area contributed by atoms with E-state index in [2.05, 4.69) is 16.3 Å². The van der Waals surface area contributed by atoms with Crippen molar-refractivity contribution in [2.24, 2.45) is 0 Å². The van der Waals surface area contributed by atoms with Gasteiger partial charge in [-0.15, -0.1) is 0 Å². The summed E-state index contributed by atoms with van der Waals surface area (Å²) >= 11 is 0. The second-order valence-corrected chi connectivity index (χ2v) is 3.12. The van der Waals surface area contributed by atoms with Gasteiger partial charge in [0, 0.05) is 31.2 Å². The molecule has 0 spiro atoms. The van der Waals surface area contributed by atoms with E-state index in [1.165, 1.54) is 0 Å². The van der Waals surface area contributed by atoms with Crippen LogP contribution >= 0.6 is 0 Å². The van der Waals surface area contributed by atoms with Crippen LogP contribution in [0.25, 0.3) is 0 Å². The summed E-state index contributed by atoms with van der Waals surface area (Å²) in [6.07, 6.45) is 3.94. The largest absolute Gasteiger partial charge is 0.388 e. The van der Waals surface area contributed by atoms with Crippen LogP contribution < -0.4 is 10.2 Å². The maximum atomic E-state index is 8.65. The van der Waals surface area contributed by atoms with E-state index in [9.17, 15) is 0 Å². The topological polar surface area (TPSA) is 39.1 Å². The van der Waals surface area contributed by atoms with Crippen molar-refractivity contribution >= 4 is 5.69 Å². The van der Waals surface area contributed by atoms with Gasteiger partial charge >= 0.3 is 0 Å². The zero-order valence-corrected chi connectivity index (χ0v) is 7.77. The minimum Gasteiger partial charge on any atom is -0.388 e. The highest BCUT2D eigenvalue weighted by Crippen LogP contribution is 2.15. The lowest BCUT2D eigenvalue weighted by Crippen LogP contribution is -2.30. The smallest absolute Gasteiger partial charge is 0.0991 e. The molecule has 0 unspecified atom stereocenters. The molecule has 1 aromatic carbocycles. The second kappa shape index (κ2) is 3.84. The van der Waals surface area contributed by atoms with Crippen molar-refractivity contribution in [2.45, 2.75) is 0 Å². The molecule has 0 aliphatic carbocycles. The van der Waals surface area contributed by atoms with Crippen LogP contribution in [-0.2, 0) is 0 Å². The van der Waals surface area contributed by atoms with E-state index in [0.29, 0.717) is 5.56 Å². The van der Waals surface area contributed by atoms with Gasteiger partial charge in [0.2, 0.25) is 0 Å². The first-order valence-electron chi connectivity index (χ1n) is 4.57. The zero-order valence-electron chi connectivity index (χ0n) is 7.77. The van der Waals surface area contributed by atoms with Gasteiger partial charge in [0.15, 0.2) is 0 Å². The Labute approximate surface area is 83.3 Å². The van der Waals surface area contributed by atoms with Gasteiger partial charge in [0.05, 0.1) is 11.6 Å². The summed E-state index contributed by atoms with van der Waals surface area (Å²) in [7, 11) is 0. The van der Waals surface area contributed by atoms with Crippen LogP contribution in [0.5, 0.6) is 0 Å². The third-order valence-corrected chi connectivity index (χ3v) is 2.20. The molecule has 3 heteroatoms. The summed E-state index contributed by atoms with van der Waals surface area (Å²) in [5.41, 5.74) is 1.83. The molecule has 0 radical (unpaired) electrons. The van der Waals surface area contributed by atoms with Gasteiger partial charge in [-0.3, -0.25) is 0 Å². The lowest BCUT2D eigenvalue weighted by atomic mass is 10.2. The molecule has 0 saturated heterocycles. The second-order valence-electron chi connectivity index (χ2n) is 3.12. The number of benzene rings is 1. The lowest BCUT2D eigenvalue weighted by molar-refractivity contribution is 0.776. The maximum absolute atomic E-state index is 8.65. The van der Waals surface area contributed by atoms with Crippen LogP contribution in [0.2, 0.25) is 0 Å². The summed E-state index contributed by atoms with van der Waals surface area (Å²) in [5, 5.41) is 11.8. The first kappa shape index (κ1) is 8.64. The minimum absolute atomic E-state index is 0.702. The van der Waals surface area contributed by atoms with E-state index in [1.54, 1.807) is 0 Å². The summed E-state index contributed by atoms with van der Waals surface area (Å²) in [6.45, 7) is 1.92. The molecule has 0 bridgehead atoms. The van der Waals surface area contributed by atoms with Crippen molar-refractivity contribution in [1.29, 1.82) is 5.26 Å². The highest BCUT2D eigenvalue weighted by atomic mass is 15.2. The molecular formula is C11H11N3. The fourth-order valence-corrected chi connectivity index (χ4v) is 1.43. The Bertz CT molecular complexity index is 373. The molecule has 0 saturated carbocycles. The van der Waals surface area contributed by atoms with Gasteiger partial charge in [0.1, 0.15) is 0 Å². The van der Waals surface area contributed by atoms with Crippen molar-refractivity contribution in [2.75, 3.05) is 18.0 Å². The van der Waals surface area contributed by atoms with E-state index >= 15 is 0 Å². The van der Waals surface area contributed by atoms with Crippen molar-refractivity contribution in [3.63, 3.8) is 0 Å². The summed E-state index contributed by atoms with van der Waals surface area (Å²) in [6, 6.07) is 9.72. The zero-order chi connectivity index (χ0) is 9.80. The minimum atomic E-state index is 0.702. The van der Waals surface area contributed by atoms with Gasteiger partial charge < -0.3 is 10.2 Å². The van der Waals surface area contributed by atoms with Crippen LogP contribution in [0.1, 0.15) is 5.56 Å². The monoisotopic (exact) mass is 185 g/mol. The Hall–Kier alpha value is -1.95. The number of nitrogens with zero attached hydrogens (tertiary/aromatic N) is 2. The van der Waals surface area contributed by atoms with Crippen LogP contribution in [-0.4, -0.2) is 13.1 Å². The van der Waals surface area contributed by atoms with Gasteiger partial charge in [-0.05, 0) is 24.3 Å². The Morgan fingerprint density at radius 3 is 2.64 bits per heavy atom. The number of anilines is 1. The molecule has 0 atom stereocenters. The first-order chi connectivity index (χ1) is 6.90. The molecule has 1 aromatic rings. The summed E-state index contributed by atoms with van der Waals surface area (Å²) in [4.78, 5) is 2.15. The molecular weight excluding hydrogens is 174 g/mol. The number of nitriles is 1. The van der Waals surface area contributed by atoms with Gasteiger partial charge in [-0.25, -0.2) is 0 Å². The fraction of sp³-hybridized carbons (Fsp3) is 0.182. The van der Waals surface area contributed by atoms with E-state index in [-0.39, 0.29) is 0 Å². The van der Waals surface area contributed by atoms with Crippen LogP contribution in [0.4, 0.5) is 5.69 Å². The number of nitrogens with one attached hydrogen (secondary N) is 1. The standard InChI is InChI=1S/C11H11N3/c12-9-10-1-3-11(4-2-10)14-7-5-13-6-8-14/h1-5,7,13H,6,8H2. The van der Waals surface area contributed by atoms with E-state index in [0.717, 1.165) is 18.8 Å². The number of rotatable bonds is 1. The van der Waals surface area contributed by atoms with Gasteiger partial charge in [-0.1, -0.05) is 0 Å². The van der Waals surface area contributed by atoms with Crippen molar-refractivity contribution < 1.29 is 0 Å². The highest BCUT2D eigenvalue weighted by molar-refractivity contribution is 5.52. The molecule has 3 nitrogen and oxygen atoms in total. The van der Waals surface area contributed by atoms with E-state index in [1.807, 2.05) is 36.7 Å². The third kappa shape index (κ3) is 1.69. The fourth-order valence-electron chi connectivity index (χ4n) is 1.43. The van der Waals surface area contributed by atoms with Crippen molar-refractivity contribution in [1.82, 2.24) is 5.32 Å². The molecule has 0 amide bonds. The predicted molar refractivity (Wildman–Crippen MR) is 55.6 cm³/mol. The van der Waals surface area contributed by atoms with Crippen LogP contribution in [0.3, 0.4) is 0 Å². The molecule has 0 fully saturated rings. The average molecular weight is 185 g/mol. The number of hydrogen-bond acceptors (Lipinski definition) is 3. The number of hydrogen-bond donors (Lipinski definition) is 1. The Kier molecular flexibility index (Phi) is 2.37. The van der Waals surface area contributed by atoms with Crippen molar-refractivity contribution in [3.05, 3.63) is 42.2 Å². The SMILES string of the molecule is N#Cc1ccc(N2C=CNCC2)cc1. The van der Waals surface area contributed by atoms with Crippen LogP contribution in [0.15, 0.2) is 36.7 Å². The predicted octanol–water partition coefficient (Wildman–Crippen LogP) is 1.44. The van der Waals surface area contributed by atoms with E-state index in [4.69, 9.17) is 5.26 Å². The van der Waals surface area contributed by atoms with Gasteiger partial charge in [-0.2, -0.15) is 5.26 Å². The quantitative estimate of drug-likeness (QED) is 0.719. The molecule has 1 N–H and O–H groups in total. The molecule has 0 aromatic heterocycles. The summed E-state index contributed by atoms with van der Waals surface area (Å²) in [5.74, 6) is 0. The van der Waals surface area contributed by atoms with E-state index < -0.39 is 0 Å². The molecule has 1 heterocycles. The molecule has 2 rings (SSSR count). The summed E-state index contributed by atoms with van der Waals surface area (Å²) < 4.78 is 0. The highest BCUT2D eigenvalue weighted by Gasteiger charge is 2.04. The Morgan fingerprint density at radius 2 is 2.07 bits per heavy atom. The first-order valence-corrected chi connectivity index (χ1v) is 4.57. The normalized spacial score (nSPS) is 14.6. The maximum Gasteiger partial charge on any atom is 0.0991 e. The lowest BCUT2D eigenvalue weighted by Gasteiger charge is -2.23. The Balaban J connectivity index is 2.20. The molecule has 1 aliphatic rings. The molecule has 14 heavy (non-hydrogen) atoms. The Morgan fingerprint density at radius 1 is 1.29 bits per heavy atom.